The molecule has 0 aliphatic heterocycles. The van der Waals surface area contributed by atoms with Crippen molar-refractivity contribution in [2.45, 2.75) is 27.7 Å². The Morgan fingerprint density at radius 1 is 1.12 bits per heavy atom. The number of nitrogens with zero attached hydrogens (tertiary/aromatic N) is 3. The van der Waals surface area contributed by atoms with E-state index in [1.54, 1.807) is 14.0 Å². The Morgan fingerprint density at radius 3 is 2.50 bits per heavy atom. The predicted molar refractivity (Wildman–Crippen MR) is 104 cm³/mol. The summed E-state index contributed by atoms with van der Waals surface area (Å²) in [4.78, 5) is 30.2. The van der Waals surface area contributed by atoms with Gasteiger partial charge < -0.3 is 5.32 Å². The number of nitrogens with one attached hydrogen (secondary N) is 1. The van der Waals surface area contributed by atoms with Crippen molar-refractivity contribution in [2.75, 3.05) is 5.32 Å². The fourth-order valence-electron chi connectivity index (χ4n) is 2.71. The molecular weight excluding hydrogens is 348 g/mol. The molecule has 0 spiro atoms. The zero-order chi connectivity index (χ0) is 19.0. The number of anilines is 1. The van der Waals surface area contributed by atoms with Crippen molar-refractivity contribution in [1.82, 2.24) is 14.8 Å². The molecular formula is C19H20N4O2S. The van der Waals surface area contributed by atoms with Gasteiger partial charge in [0.05, 0.1) is 17.0 Å². The van der Waals surface area contributed by atoms with E-state index in [0.29, 0.717) is 21.1 Å². The fourth-order valence-corrected chi connectivity index (χ4v) is 3.76. The van der Waals surface area contributed by atoms with Gasteiger partial charge in [0.2, 0.25) is 0 Å². The highest BCUT2D eigenvalue weighted by molar-refractivity contribution is 7.17. The van der Waals surface area contributed by atoms with Gasteiger partial charge in [0, 0.05) is 12.7 Å². The van der Waals surface area contributed by atoms with E-state index in [2.05, 4.69) is 15.4 Å². The maximum absolute atomic E-state index is 12.7. The summed E-state index contributed by atoms with van der Waals surface area (Å²) in [5.74, 6) is -0.221. The van der Waals surface area contributed by atoms with Crippen molar-refractivity contribution in [3.05, 3.63) is 62.0 Å². The lowest BCUT2D eigenvalue weighted by Gasteiger charge is -2.07. The van der Waals surface area contributed by atoms with Crippen LogP contribution in [0.3, 0.4) is 0 Å². The lowest BCUT2D eigenvalue weighted by molar-refractivity contribution is 0.102. The van der Waals surface area contributed by atoms with Crippen LogP contribution in [-0.2, 0) is 7.05 Å². The molecule has 1 aromatic carbocycles. The molecule has 2 aromatic heterocycles. The van der Waals surface area contributed by atoms with E-state index >= 15 is 0 Å². The van der Waals surface area contributed by atoms with Crippen molar-refractivity contribution >= 4 is 22.9 Å². The normalized spacial score (nSPS) is 10.8. The van der Waals surface area contributed by atoms with Crippen LogP contribution in [0.15, 0.2) is 29.1 Å². The molecule has 0 atom stereocenters. The van der Waals surface area contributed by atoms with Crippen LogP contribution in [0.25, 0.3) is 10.6 Å². The number of carbonyl (C=O) groups is 1. The highest BCUT2D eigenvalue weighted by atomic mass is 32.1. The molecule has 3 rings (SSSR count). The highest BCUT2D eigenvalue weighted by Gasteiger charge is 2.21. The fraction of sp³-hybridized carbons (Fsp3) is 0.263. The molecule has 6 nitrogen and oxygen atoms in total. The Kier molecular flexibility index (Phi) is 4.73. The number of thiazole rings is 1. The van der Waals surface area contributed by atoms with E-state index in [9.17, 15) is 9.59 Å². The Labute approximate surface area is 155 Å². The molecule has 0 unspecified atom stereocenters. The van der Waals surface area contributed by atoms with Crippen LogP contribution >= 0.6 is 11.3 Å². The number of amides is 1. The molecule has 0 bridgehead atoms. The summed E-state index contributed by atoms with van der Waals surface area (Å²) in [7, 11) is 1.62. The molecule has 0 aliphatic carbocycles. The van der Waals surface area contributed by atoms with Gasteiger partial charge in [0.25, 0.3) is 11.5 Å². The Hall–Kier alpha value is -2.80. The van der Waals surface area contributed by atoms with Gasteiger partial charge in [-0.05, 0) is 44.9 Å². The summed E-state index contributed by atoms with van der Waals surface area (Å²) in [6, 6.07) is 7.59. The second-order valence-corrected chi connectivity index (χ2v) is 7.22. The van der Waals surface area contributed by atoms with Gasteiger partial charge in [0.15, 0.2) is 0 Å². The van der Waals surface area contributed by atoms with Gasteiger partial charge in [-0.2, -0.15) is 5.10 Å². The molecule has 3 aromatic rings. The smallest absolute Gasteiger partial charge is 0.277 e. The minimum atomic E-state index is -0.221. The van der Waals surface area contributed by atoms with Crippen LogP contribution < -0.4 is 10.9 Å². The van der Waals surface area contributed by atoms with E-state index in [4.69, 9.17) is 0 Å². The first-order valence-corrected chi connectivity index (χ1v) is 9.00. The molecule has 7 heteroatoms. The zero-order valence-electron chi connectivity index (χ0n) is 15.4. The Balaban J connectivity index is 2.02. The number of benzene rings is 1. The molecule has 0 saturated carbocycles. The quantitative estimate of drug-likeness (QED) is 0.769. The van der Waals surface area contributed by atoms with E-state index in [0.717, 1.165) is 22.5 Å². The van der Waals surface area contributed by atoms with E-state index in [1.165, 1.54) is 16.0 Å². The second kappa shape index (κ2) is 6.84. The second-order valence-electron chi connectivity index (χ2n) is 6.22. The standard InChI is InChI=1S/C19H20N4O2S/c1-10-8-6-7-9-14(10)21-17(24)16-13(4)20-18(26-16)15-11(2)12(3)22-23(5)19(15)25/h6-9H,1-5H3,(H,21,24). The maximum Gasteiger partial charge on any atom is 0.277 e. The Bertz CT molecular complexity index is 1070. The maximum atomic E-state index is 12.7. The number of hydrogen-bond acceptors (Lipinski definition) is 5. The first-order chi connectivity index (χ1) is 12.3. The molecule has 2 heterocycles. The molecule has 1 N–H and O–H groups in total. The summed E-state index contributed by atoms with van der Waals surface area (Å²) in [6.07, 6.45) is 0. The van der Waals surface area contributed by atoms with Crippen molar-refractivity contribution in [1.29, 1.82) is 0 Å². The summed E-state index contributed by atoms with van der Waals surface area (Å²) in [6.45, 7) is 7.42. The van der Waals surface area contributed by atoms with Crippen LogP contribution in [0.1, 0.15) is 32.2 Å². The number of rotatable bonds is 3. The minimum absolute atomic E-state index is 0.215. The SMILES string of the molecule is Cc1ccccc1NC(=O)c1sc(-c2c(C)c(C)nn(C)c2=O)nc1C. The number of aryl methyl sites for hydroxylation is 4. The Morgan fingerprint density at radius 2 is 1.81 bits per heavy atom. The van der Waals surface area contributed by atoms with E-state index < -0.39 is 0 Å². The van der Waals surface area contributed by atoms with Crippen molar-refractivity contribution in [3.63, 3.8) is 0 Å². The van der Waals surface area contributed by atoms with Gasteiger partial charge in [-0.25, -0.2) is 9.67 Å². The van der Waals surface area contributed by atoms with Crippen molar-refractivity contribution in [3.8, 4) is 10.6 Å². The van der Waals surface area contributed by atoms with Crippen LogP contribution in [0.4, 0.5) is 5.69 Å². The van der Waals surface area contributed by atoms with Crippen LogP contribution in [0, 0.1) is 27.7 Å². The molecule has 0 aliphatic rings. The number of hydrogen-bond donors (Lipinski definition) is 1. The monoisotopic (exact) mass is 368 g/mol. The predicted octanol–water partition coefficient (Wildman–Crippen LogP) is 3.39. The lowest BCUT2D eigenvalue weighted by Crippen LogP contribution is -2.23. The number of aromatic nitrogens is 3. The summed E-state index contributed by atoms with van der Waals surface area (Å²) < 4.78 is 1.31. The van der Waals surface area contributed by atoms with Crippen LogP contribution in [-0.4, -0.2) is 20.7 Å². The largest absolute Gasteiger partial charge is 0.321 e. The van der Waals surface area contributed by atoms with Gasteiger partial charge >= 0.3 is 0 Å². The first-order valence-electron chi connectivity index (χ1n) is 8.19. The van der Waals surface area contributed by atoms with Gasteiger partial charge in [-0.15, -0.1) is 11.3 Å². The topological polar surface area (TPSA) is 76.9 Å². The van der Waals surface area contributed by atoms with Gasteiger partial charge in [-0.3, -0.25) is 9.59 Å². The molecule has 134 valence electrons. The van der Waals surface area contributed by atoms with E-state index in [-0.39, 0.29) is 11.5 Å². The number of para-hydroxylation sites is 1. The molecule has 1 amide bonds. The third kappa shape index (κ3) is 3.17. The van der Waals surface area contributed by atoms with Crippen molar-refractivity contribution < 1.29 is 4.79 Å². The molecule has 0 radical (unpaired) electrons. The van der Waals surface area contributed by atoms with E-state index in [1.807, 2.05) is 45.0 Å². The third-order valence-electron chi connectivity index (χ3n) is 4.34. The molecule has 0 fully saturated rings. The van der Waals surface area contributed by atoms with Gasteiger partial charge in [0.1, 0.15) is 9.88 Å². The summed E-state index contributed by atoms with van der Waals surface area (Å²) in [5, 5.41) is 7.65. The van der Waals surface area contributed by atoms with Crippen molar-refractivity contribution in [2.24, 2.45) is 7.05 Å². The van der Waals surface area contributed by atoms with Crippen LogP contribution in [0.5, 0.6) is 0 Å². The molecule has 0 saturated heterocycles. The van der Waals surface area contributed by atoms with Gasteiger partial charge in [-0.1, -0.05) is 18.2 Å². The first kappa shape index (κ1) is 18.0. The summed E-state index contributed by atoms with van der Waals surface area (Å²) >= 11 is 1.23. The van der Waals surface area contributed by atoms with Crippen LogP contribution in [0.2, 0.25) is 0 Å². The average molecular weight is 368 g/mol. The lowest BCUT2D eigenvalue weighted by atomic mass is 10.1. The number of carbonyl (C=O) groups excluding carboxylic acids is 1. The average Bonchev–Trinajstić information content (AvgIpc) is 2.97. The minimum Gasteiger partial charge on any atom is -0.321 e. The molecule has 26 heavy (non-hydrogen) atoms. The summed E-state index contributed by atoms with van der Waals surface area (Å²) in [5.41, 5.74) is 4.19. The third-order valence-corrected chi connectivity index (χ3v) is 5.51. The zero-order valence-corrected chi connectivity index (χ0v) is 16.2. The highest BCUT2D eigenvalue weighted by Crippen LogP contribution is 2.29.